The van der Waals surface area contributed by atoms with Gasteiger partial charge in [0.1, 0.15) is 10.6 Å². The predicted molar refractivity (Wildman–Crippen MR) is 106 cm³/mol. The van der Waals surface area contributed by atoms with E-state index < -0.39 is 0 Å². The molecule has 0 atom stereocenters. The van der Waals surface area contributed by atoms with E-state index in [9.17, 15) is 9.59 Å². The molecule has 3 aromatic heterocycles. The molecule has 3 heterocycles. The number of thioether (sulfide) groups is 1. The van der Waals surface area contributed by atoms with E-state index in [-0.39, 0.29) is 17.2 Å². The number of unbranched alkanes of at least 4 members (excludes halogenated alkanes) is 1. The fourth-order valence-electron chi connectivity index (χ4n) is 2.59. The lowest BCUT2D eigenvalue weighted by atomic mass is 10.2. The van der Waals surface area contributed by atoms with E-state index in [1.54, 1.807) is 16.9 Å². The smallest absolute Gasteiger partial charge is 0.263 e. The van der Waals surface area contributed by atoms with Crippen molar-refractivity contribution in [3.63, 3.8) is 0 Å². The molecule has 3 aromatic rings. The Morgan fingerprint density at radius 2 is 2.27 bits per heavy atom. The molecule has 138 valence electrons. The number of rotatable bonds is 8. The van der Waals surface area contributed by atoms with Crippen LogP contribution in [0, 0.1) is 0 Å². The fraction of sp³-hybridized carbons (Fsp3) is 0.389. The molecule has 8 heteroatoms. The number of hydrogen-bond acceptors (Lipinski definition) is 6. The summed E-state index contributed by atoms with van der Waals surface area (Å²) in [5, 5.41) is 5.92. The second-order valence-electron chi connectivity index (χ2n) is 5.74. The van der Waals surface area contributed by atoms with Gasteiger partial charge in [-0.2, -0.15) is 0 Å². The van der Waals surface area contributed by atoms with E-state index in [0.29, 0.717) is 34.2 Å². The summed E-state index contributed by atoms with van der Waals surface area (Å²) in [6.45, 7) is 5.16. The summed E-state index contributed by atoms with van der Waals surface area (Å²) in [7, 11) is 0. The summed E-state index contributed by atoms with van der Waals surface area (Å²) < 4.78 is 7.06. The Morgan fingerprint density at radius 1 is 1.42 bits per heavy atom. The third-order valence-electron chi connectivity index (χ3n) is 3.95. The summed E-state index contributed by atoms with van der Waals surface area (Å²) in [5.74, 6) is 0.870. The molecule has 0 saturated heterocycles. The SMILES string of the molecule is CCCCNC(=O)CSc1nc2scc(-c3ccco3)c2c(=O)n1CC. The highest BCUT2D eigenvalue weighted by molar-refractivity contribution is 7.99. The van der Waals surface area contributed by atoms with Crippen molar-refractivity contribution in [1.82, 2.24) is 14.9 Å². The van der Waals surface area contributed by atoms with Crippen molar-refractivity contribution in [2.24, 2.45) is 0 Å². The minimum Gasteiger partial charge on any atom is -0.464 e. The highest BCUT2D eigenvalue weighted by Crippen LogP contribution is 2.32. The summed E-state index contributed by atoms with van der Waals surface area (Å²) >= 11 is 2.71. The number of amides is 1. The van der Waals surface area contributed by atoms with Crippen LogP contribution in [0.1, 0.15) is 26.7 Å². The number of aromatic nitrogens is 2. The molecule has 0 unspecified atom stereocenters. The number of hydrogen-bond donors (Lipinski definition) is 1. The first-order valence-corrected chi connectivity index (χ1v) is 10.5. The van der Waals surface area contributed by atoms with Crippen molar-refractivity contribution >= 4 is 39.2 Å². The normalized spacial score (nSPS) is 11.2. The zero-order valence-corrected chi connectivity index (χ0v) is 16.4. The molecule has 0 saturated carbocycles. The third-order valence-corrected chi connectivity index (χ3v) is 5.80. The van der Waals surface area contributed by atoms with Gasteiger partial charge >= 0.3 is 0 Å². The van der Waals surface area contributed by atoms with E-state index >= 15 is 0 Å². The summed E-state index contributed by atoms with van der Waals surface area (Å²) in [4.78, 5) is 30.2. The van der Waals surface area contributed by atoms with Crippen LogP contribution in [0.15, 0.2) is 38.1 Å². The van der Waals surface area contributed by atoms with Gasteiger partial charge in [-0.05, 0) is 25.5 Å². The first-order chi connectivity index (χ1) is 12.7. The molecule has 0 aliphatic heterocycles. The molecule has 3 rings (SSSR count). The zero-order valence-electron chi connectivity index (χ0n) is 14.8. The molecule has 1 amide bonds. The molecule has 0 radical (unpaired) electrons. The standard InChI is InChI=1S/C18H21N3O3S2/c1-3-5-8-19-14(22)11-26-18-20-16-15(17(23)21(18)4-2)12(10-25-16)13-7-6-9-24-13/h6-7,9-10H,3-5,8,11H2,1-2H3,(H,19,22). The molecule has 0 aliphatic carbocycles. The van der Waals surface area contributed by atoms with Gasteiger partial charge in [-0.1, -0.05) is 25.1 Å². The van der Waals surface area contributed by atoms with Crippen LogP contribution in [0.25, 0.3) is 21.5 Å². The lowest BCUT2D eigenvalue weighted by molar-refractivity contribution is -0.118. The molecule has 0 aromatic carbocycles. The van der Waals surface area contributed by atoms with E-state index in [0.717, 1.165) is 18.4 Å². The molecule has 0 spiro atoms. The van der Waals surface area contributed by atoms with Gasteiger partial charge in [0.2, 0.25) is 5.91 Å². The van der Waals surface area contributed by atoms with Crippen LogP contribution in [0.4, 0.5) is 0 Å². The zero-order chi connectivity index (χ0) is 18.5. The molecule has 6 nitrogen and oxygen atoms in total. The van der Waals surface area contributed by atoms with E-state index in [1.807, 2.05) is 18.4 Å². The second-order valence-corrected chi connectivity index (χ2v) is 7.54. The highest BCUT2D eigenvalue weighted by atomic mass is 32.2. The number of nitrogens with one attached hydrogen (secondary N) is 1. The lowest BCUT2D eigenvalue weighted by Gasteiger charge is -2.10. The van der Waals surface area contributed by atoms with Crippen LogP contribution >= 0.6 is 23.1 Å². The minimum absolute atomic E-state index is 0.0390. The Morgan fingerprint density at radius 3 is 2.96 bits per heavy atom. The summed E-state index contributed by atoms with van der Waals surface area (Å²) in [5.41, 5.74) is 0.669. The van der Waals surface area contributed by atoms with Gasteiger partial charge in [0.25, 0.3) is 5.56 Å². The average molecular weight is 392 g/mol. The molecule has 0 fully saturated rings. The summed E-state index contributed by atoms with van der Waals surface area (Å²) in [6.07, 6.45) is 3.59. The van der Waals surface area contributed by atoms with Gasteiger partial charge in [0, 0.05) is 24.0 Å². The Balaban J connectivity index is 1.88. The van der Waals surface area contributed by atoms with Crippen molar-refractivity contribution in [1.29, 1.82) is 0 Å². The van der Waals surface area contributed by atoms with Crippen molar-refractivity contribution < 1.29 is 9.21 Å². The van der Waals surface area contributed by atoms with Crippen LogP contribution in [0.3, 0.4) is 0 Å². The van der Waals surface area contributed by atoms with Gasteiger partial charge in [-0.3, -0.25) is 14.2 Å². The third kappa shape index (κ3) is 3.86. The van der Waals surface area contributed by atoms with E-state index in [2.05, 4.69) is 17.2 Å². The van der Waals surface area contributed by atoms with E-state index in [4.69, 9.17) is 4.42 Å². The number of carbonyl (C=O) groups is 1. The Hall–Kier alpha value is -2.06. The van der Waals surface area contributed by atoms with Crippen LogP contribution < -0.4 is 10.9 Å². The monoisotopic (exact) mass is 391 g/mol. The Kier molecular flexibility index (Phi) is 6.16. The quantitative estimate of drug-likeness (QED) is 0.359. The number of carbonyl (C=O) groups excluding carboxylic acids is 1. The lowest BCUT2D eigenvalue weighted by Crippen LogP contribution is -2.27. The first kappa shape index (κ1) is 18.7. The first-order valence-electron chi connectivity index (χ1n) is 8.61. The highest BCUT2D eigenvalue weighted by Gasteiger charge is 2.18. The van der Waals surface area contributed by atoms with Crippen molar-refractivity contribution in [2.75, 3.05) is 12.3 Å². The maximum Gasteiger partial charge on any atom is 0.263 e. The number of fused-ring (bicyclic) bond motifs is 1. The fourth-order valence-corrected chi connectivity index (χ4v) is 4.46. The number of thiophene rings is 1. The maximum atomic E-state index is 13.0. The summed E-state index contributed by atoms with van der Waals surface area (Å²) in [6, 6.07) is 3.63. The Bertz CT molecular complexity index is 945. The van der Waals surface area contributed by atoms with Crippen molar-refractivity contribution in [2.45, 2.75) is 38.4 Å². The van der Waals surface area contributed by atoms with Crippen LogP contribution in [-0.4, -0.2) is 27.8 Å². The molecule has 1 N–H and O–H groups in total. The van der Waals surface area contributed by atoms with Gasteiger partial charge in [-0.15, -0.1) is 11.3 Å². The van der Waals surface area contributed by atoms with Crippen molar-refractivity contribution in [3.8, 4) is 11.3 Å². The average Bonchev–Trinajstić information content (AvgIpc) is 3.29. The van der Waals surface area contributed by atoms with Crippen LogP contribution in [0.2, 0.25) is 0 Å². The van der Waals surface area contributed by atoms with E-state index in [1.165, 1.54) is 23.1 Å². The molecule has 0 aliphatic rings. The largest absolute Gasteiger partial charge is 0.464 e. The molecular weight excluding hydrogens is 370 g/mol. The van der Waals surface area contributed by atoms with Gasteiger partial charge < -0.3 is 9.73 Å². The topological polar surface area (TPSA) is 77.1 Å². The maximum absolute atomic E-state index is 13.0. The van der Waals surface area contributed by atoms with Gasteiger partial charge in [-0.25, -0.2) is 4.98 Å². The minimum atomic E-state index is -0.0981. The molecule has 0 bridgehead atoms. The predicted octanol–water partition coefficient (Wildman–Crippen LogP) is 3.75. The number of furan rings is 1. The van der Waals surface area contributed by atoms with Crippen molar-refractivity contribution in [3.05, 3.63) is 34.1 Å². The molecular formula is C18H21N3O3S2. The van der Waals surface area contributed by atoms with Gasteiger partial charge in [0.15, 0.2) is 5.16 Å². The van der Waals surface area contributed by atoms with Crippen LogP contribution in [0.5, 0.6) is 0 Å². The molecule has 26 heavy (non-hydrogen) atoms. The van der Waals surface area contributed by atoms with Crippen LogP contribution in [-0.2, 0) is 11.3 Å². The van der Waals surface area contributed by atoms with Gasteiger partial charge in [0.05, 0.1) is 17.4 Å². The second kappa shape index (κ2) is 8.55. The number of nitrogens with zero attached hydrogens (tertiary/aromatic N) is 2. The Labute approximate surface area is 159 Å².